The van der Waals surface area contributed by atoms with Crippen LogP contribution in [-0.4, -0.2) is 61.4 Å². The fourth-order valence-electron chi connectivity index (χ4n) is 5.65. The molecule has 0 aromatic heterocycles. The van der Waals surface area contributed by atoms with Crippen molar-refractivity contribution in [1.29, 1.82) is 0 Å². The summed E-state index contributed by atoms with van der Waals surface area (Å²) in [6, 6.07) is 6.60. The third-order valence-corrected chi connectivity index (χ3v) is 9.41. The molecule has 7 heteroatoms. The van der Waals surface area contributed by atoms with E-state index in [2.05, 4.69) is 17.0 Å². The summed E-state index contributed by atoms with van der Waals surface area (Å²) in [6.45, 7) is 3.08. The fourth-order valence-corrected chi connectivity index (χ4v) is 7.77. The van der Waals surface area contributed by atoms with Crippen LogP contribution in [0, 0.1) is 5.92 Å². The van der Waals surface area contributed by atoms with Crippen LogP contribution in [0.3, 0.4) is 0 Å². The molecular weight excluding hydrogens is 352 g/mol. The van der Waals surface area contributed by atoms with E-state index >= 15 is 0 Å². The van der Waals surface area contributed by atoms with E-state index < -0.39 is 10.0 Å². The van der Waals surface area contributed by atoms with Crippen molar-refractivity contribution >= 4 is 10.0 Å². The van der Waals surface area contributed by atoms with Crippen LogP contribution < -0.4 is 9.47 Å². The van der Waals surface area contributed by atoms with Gasteiger partial charge in [-0.05, 0) is 62.4 Å². The predicted octanol–water partition coefficient (Wildman–Crippen LogP) is 1.77. The molecule has 0 radical (unpaired) electrons. The first kappa shape index (κ1) is 15.7. The number of fused-ring (bicyclic) bond motifs is 3. The van der Waals surface area contributed by atoms with E-state index in [1.165, 1.54) is 5.56 Å². The molecular formula is C19H24N2O4S. The van der Waals surface area contributed by atoms with Crippen molar-refractivity contribution in [3.05, 3.63) is 23.8 Å². The van der Waals surface area contributed by atoms with Crippen LogP contribution in [0.4, 0.5) is 0 Å². The van der Waals surface area contributed by atoms with Crippen molar-refractivity contribution < 1.29 is 17.9 Å². The lowest BCUT2D eigenvalue weighted by Gasteiger charge is -2.51. The molecule has 1 saturated carbocycles. The van der Waals surface area contributed by atoms with E-state index in [1.807, 2.05) is 10.4 Å². The van der Waals surface area contributed by atoms with E-state index in [9.17, 15) is 8.42 Å². The lowest BCUT2D eigenvalue weighted by molar-refractivity contribution is 0.0122. The van der Waals surface area contributed by atoms with Crippen LogP contribution in [0.2, 0.25) is 0 Å². The summed E-state index contributed by atoms with van der Waals surface area (Å²) in [6.07, 6.45) is 3.93. The molecule has 5 heterocycles. The van der Waals surface area contributed by atoms with Gasteiger partial charge in [-0.2, -0.15) is 4.31 Å². The fraction of sp³-hybridized carbons (Fsp3) is 0.684. The third-order valence-electron chi connectivity index (χ3n) is 7.05. The Labute approximate surface area is 154 Å². The van der Waals surface area contributed by atoms with Gasteiger partial charge in [0.2, 0.25) is 16.8 Å². The Kier molecular flexibility index (Phi) is 3.24. The summed E-state index contributed by atoms with van der Waals surface area (Å²) < 4.78 is 39.2. The quantitative estimate of drug-likeness (QED) is 0.805. The van der Waals surface area contributed by atoms with Gasteiger partial charge in [0.15, 0.2) is 11.5 Å². The van der Waals surface area contributed by atoms with Crippen molar-refractivity contribution in [3.8, 4) is 11.5 Å². The van der Waals surface area contributed by atoms with Crippen LogP contribution in [0.25, 0.3) is 0 Å². The van der Waals surface area contributed by atoms with E-state index in [-0.39, 0.29) is 24.0 Å². The Morgan fingerprint density at radius 3 is 2.50 bits per heavy atom. The van der Waals surface area contributed by atoms with Crippen molar-refractivity contribution in [3.63, 3.8) is 0 Å². The Balaban J connectivity index is 1.41. The normalized spacial score (nSPS) is 38.5. The molecule has 26 heavy (non-hydrogen) atoms. The minimum Gasteiger partial charge on any atom is -0.454 e. The number of piperidine rings is 3. The molecule has 140 valence electrons. The maximum atomic E-state index is 13.2. The molecule has 5 aliphatic heterocycles. The van der Waals surface area contributed by atoms with Crippen LogP contribution in [0.15, 0.2) is 18.2 Å². The average Bonchev–Trinajstić information content (AvgIpc) is 3.28. The summed E-state index contributed by atoms with van der Waals surface area (Å²) in [4.78, 5) is 2.54. The smallest absolute Gasteiger partial charge is 0.231 e. The third kappa shape index (κ3) is 2.14. The van der Waals surface area contributed by atoms with Gasteiger partial charge in [-0.3, -0.25) is 4.90 Å². The molecule has 0 amide bonds. The molecule has 6 nitrogen and oxygen atoms in total. The summed E-state index contributed by atoms with van der Waals surface area (Å²) in [7, 11) is -3.16. The molecule has 1 aromatic carbocycles. The first-order chi connectivity index (χ1) is 12.6. The largest absolute Gasteiger partial charge is 0.454 e. The minimum absolute atomic E-state index is 0.130. The first-order valence-electron chi connectivity index (χ1n) is 9.77. The topological polar surface area (TPSA) is 59.1 Å². The van der Waals surface area contributed by atoms with Gasteiger partial charge in [-0.25, -0.2) is 8.42 Å². The predicted molar refractivity (Wildman–Crippen MR) is 95.8 cm³/mol. The monoisotopic (exact) mass is 376 g/mol. The van der Waals surface area contributed by atoms with Gasteiger partial charge in [-0.1, -0.05) is 6.07 Å². The van der Waals surface area contributed by atoms with Crippen molar-refractivity contribution in [2.45, 2.75) is 48.9 Å². The molecule has 5 fully saturated rings. The number of sulfonamides is 1. The van der Waals surface area contributed by atoms with Crippen molar-refractivity contribution in [2.24, 2.45) is 5.92 Å². The second kappa shape index (κ2) is 5.36. The molecule has 4 saturated heterocycles. The van der Waals surface area contributed by atoms with Crippen LogP contribution in [-0.2, 0) is 10.0 Å². The highest BCUT2D eigenvalue weighted by Gasteiger charge is 2.58. The van der Waals surface area contributed by atoms with Gasteiger partial charge >= 0.3 is 0 Å². The van der Waals surface area contributed by atoms with Gasteiger partial charge in [0.05, 0.1) is 5.25 Å². The molecule has 3 atom stereocenters. The molecule has 1 aliphatic carbocycles. The SMILES string of the molecule is O=S(=O)(C1CC1)N1C[C@H](c2ccc3c(c2)OCO3)[C@H]2[C@@H]1C1CCN2CC1. The van der Waals surface area contributed by atoms with Gasteiger partial charge in [0, 0.05) is 24.5 Å². The number of benzene rings is 1. The number of nitrogens with zero attached hydrogens (tertiary/aromatic N) is 2. The van der Waals surface area contributed by atoms with E-state index in [4.69, 9.17) is 9.47 Å². The van der Waals surface area contributed by atoms with Gasteiger partial charge in [0.25, 0.3) is 0 Å². The molecule has 1 aromatic rings. The highest BCUT2D eigenvalue weighted by atomic mass is 32.2. The minimum atomic E-state index is -3.16. The van der Waals surface area contributed by atoms with E-state index in [0.717, 1.165) is 50.3 Å². The maximum absolute atomic E-state index is 13.2. The first-order valence-corrected chi connectivity index (χ1v) is 11.3. The summed E-state index contributed by atoms with van der Waals surface area (Å²) in [5, 5.41) is -0.130. The van der Waals surface area contributed by atoms with Gasteiger partial charge in [-0.15, -0.1) is 0 Å². The lowest BCUT2D eigenvalue weighted by atomic mass is 9.75. The highest BCUT2D eigenvalue weighted by Crippen LogP contribution is 2.50. The van der Waals surface area contributed by atoms with E-state index in [1.54, 1.807) is 0 Å². The number of ether oxygens (including phenoxy) is 2. The van der Waals surface area contributed by atoms with Crippen molar-refractivity contribution in [1.82, 2.24) is 9.21 Å². The van der Waals surface area contributed by atoms with Gasteiger partial charge in [0.1, 0.15) is 0 Å². The zero-order valence-corrected chi connectivity index (χ0v) is 15.5. The molecule has 0 N–H and O–H groups in total. The highest BCUT2D eigenvalue weighted by molar-refractivity contribution is 7.90. The Morgan fingerprint density at radius 2 is 1.73 bits per heavy atom. The number of rotatable bonds is 3. The van der Waals surface area contributed by atoms with Crippen molar-refractivity contribution in [2.75, 3.05) is 26.4 Å². The number of hydrogen-bond donors (Lipinski definition) is 0. The molecule has 0 unspecified atom stereocenters. The second-order valence-electron chi connectivity index (χ2n) is 8.39. The molecule has 7 rings (SSSR count). The van der Waals surface area contributed by atoms with Crippen LogP contribution in [0.5, 0.6) is 11.5 Å². The maximum Gasteiger partial charge on any atom is 0.231 e. The standard InChI is InChI=1S/C19H24N2O4S/c22-26(23,14-2-3-14)21-10-15(13-1-4-16-17(9-13)25-11-24-16)19-18(21)12-5-7-20(19)8-6-12/h1,4,9,12,14-15,18-19H,2-3,5-8,10-11H2/t15-,18+,19+/m1/s1. The lowest BCUT2D eigenvalue weighted by Crippen LogP contribution is -2.60. The summed E-state index contributed by atoms with van der Waals surface area (Å²) >= 11 is 0. The Bertz CT molecular complexity index is 845. The van der Waals surface area contributed by atoms with E-state index in [0.29, 0.717) is 18.5 Å². The second-order valence-corrected chi connectivity index (χ2v) is 10.6. The average molecular weight is 376 g/mol. The Morgan fingerprint density at radius 1 is 0.962 bits per heavy atom. The zero-order chi connectivity index (χ0) is 17.5. The van der Waals surface area contributed by atoms with Crippen LogP contribution >= 0.6 is 0 Å². The van der Waals surface area contributed by atoms with Gasteiger partial charge < -0.3 is 9.47 Å². The Hall–Kier alpha value is -1.31. The molecule has 6 aliphatic rings. The summed E-state index contributed by atoms with van der Waals surface area (Å²) in [5.74, 6) is 2.30. The summed E-state index contributed by atoms with van der Waals surface area (Å²) in [5.41, 5.74) is 1.19. The molecule has 2 bridgehead atoms. The molecule has 0 spiro atoms. The van der Waals surface area contributed by atoms with Crippen LogP contribution in [0.1, 0.15) is 37.2 Å². The zero-order valence-electron chi connectivity index (χ0n) is 14.7. The number of hydrogen-bond acceptors (Lipinski definition) is 5.